The van der Waals surface area contributed by atoms with Crippen molar-refractivity contribution in [2.45, 2.75) is 126 Å². The molecule has 17 heteroatoms. The molecular weight excluding hydrogens is 1290 g/mol. The Morgan fingerprint density at radius 3 is 1.02 bits per heavy atom. The van der Waals surface area contributed by atoms with Gasteiger partial charge in [-0.1, -0.05) is 156 Å². The van der Waals surface area contributed by atoms with E-state index < -0.39 is 0 Å². The molecule has 2 unspecified atom stereocenters. The topological polar surface area (TPSA) is 119 Å². The lowest BCUT2D eigenvalue weighted by atomic mass is 9.70. The van der Waals surface area contributed by atoms with E-state index in [1.165, 1.54) is 22.3 Å². The van der Waals surface area contributed by atoms with Gasteiger partial charge in [-0.15, -0.1) is 24.8 Å². The number of likely N-dealkylation sites (tertiary alicyclic amines) is 6. The fourth-order valence-electron chi connectivity index (χ4n) is 16.1. The van der Waals surface area contributed by atoms with Gasteiger partial charge in [0.15, 0.2) is 0 Å². The molecule has 6 aliphatic heterocycles. The predicted molar refractivity (Wildman–Crippen MR) is 384 cm³/mol. The van der Waals surface area contributed by atoms with Crippen molar-refractivity contribution >= 4 is 94.8 Å². The van der Waals surface area contributed by atoms with Crippen molar-refractivity contribution in [3.8, 4) is 0 Å². The van der Waals surface area contributed by atoms with Gasteiger partial charge in [-0.25, -0.2) is 0 Å². The summed E-state index contributed by atoms with van der Waals surface area (Å²) in [4.78, 5) is 68.4. The van der Waals surface area contributed by atoms with Crippen LogP contribution in [-0.2, 0) is 33.3 Å². The van der Waals surface area contributed by atoms with Crippen molar-refractivity contribution < 1.29 is 24.7 Å². The normalized spacial score (nSPS) is 21.3. The number of hydrogen-bond donors (Lipinski definition) is 0. The van der Waals surface area contributed by atoms with E-state index in [0.717, 1.165) is 205 Å². The van der Waals surface area contributed by atoms with Crippen LogP contribution in [0.1, 0.15) is 146 Å². The maximum absolute atomic E-state index is 13.9. The average Bonchev–Trinajstić information content (AvgIpc) is 1.08. The third-order valence-electron chi connectivity index (χ3n) is 21.2. The highest BCUT2D eigenvalue weighted by molar-refractivity contribution is 6.42. The Kier molecular flexibility index (Phi) is 27.0. The summed E-state index contributed by atoms with van der Waals surface area (Å²) < 4.78 is 0. The van der Waals surface area contributed by atoms with Gasteiger partial charge in [0.05, 0.1) is 30.9 Å². The fourth-order valence-corrected chi connectivity index (χ4v) is 16.7. The molecule has 0 spiro atoms. The quantitative estimate of drug-likeness (QED) is 0.0845. The minimum Gasteiger partial charge on any atom is -0.412 e. The van der Waals surface area contributed by atoms with Crippen molar-refractivity contribution in [2.24, 2.45) is 10.8 Å². The molecule has 2 atom stereocenters. The number of halogens is 6. The lowest BCUT2D eigenvalue weighted by molar-refractivity contribution is -0.144. The van der Waals surface area contributed by atoms with Crippen molar-refractivity contribution in [1.29, 1.82) is 0 Å². The molecule has 0 bridgehead atoms. The van der Waals surface area contributed by atoms with Gasteiger partial charge >= 0.3 is 0 Å². The molecule has 0 aliphatic carbocycles. The Morgan fingerprint density at radius 1 is 0.366 bits per heavy atom. The first-order chi connectivity index (χ1) is 43.7. The number of carbonyl (C=O) groups excluding carboxylic acids is 4. The molecule has 0 saturated carbocycles. The van der Waals surface area contributed by atoms with E-state index in [1.807, 2.05) is 94.7 Å². The largest absolute Gasteiger partial charge is 0.412 e. The summed E-state index contributed by atoms with van der Waals surface area (Å²) in [5.41, 5.74) is 5.32. The second-order valence-electron chi connectivity index (χ2n) is 27.0. The van der Waals surface area contributed by atoms with Gasteiger partial charge in [0.2, 0.25) is 11.8 Å². The number of piperidine rings is 4. The first kappa shape index (κ1) is 73.6. The van der Waals surface area contributed by atoms with Gasteiger partial charge in [0.25, 0.3) is 11.8 Å². The number of rotatable bonds is 18. The molecule has 12 rings (SSSR count). The van der Waals surface area contributed by atoms with Crippen molar-refractivity contribution in [3.05, 3.63) is 211 Å². The molecule has 6 heterocycles. The number of amides is 4. The molecule has 0 radical (unpaired) electrons. The molecule has 6 saturated heterocycles. The maximum Gasteiger partial charge on any atom is 0.253 e. The van der Waals surface area contributed by atoms with Gasteiger partial charge in [0, 0.05) is 74.3 Å². The van der Waals surface area contributed by atoms with Crippen LogP contribution in [0, 0.1) is 10.8 Å². The van der Waals surface area contributed by atoms with Crippen LogP contribution in [0.15, 0.2) is 158 Å². The van der Waals surface area contributed by atoms with Crippen LogP contribution in [0.2, 0.25) is 20.1 Å². The van der Waals surface area contributed by atoms with Gasteiger partial charge in [-0.05, 0) is 226 Å². The highest BCUT2D eigenvalue weighted by atomic mass is 35.5. The van der Waals surface area contributed by atoms with Crippen LogP contribution >= 0.6 is 71.2 Å². The molecule has 500 valence electrons. The van der Waals surface area contributed by atoms with Crippen LogP contribution in [0.3, 0.4) is 0 Å². The molecule has 6 aromatic rings. The van der Waals surface area contributed by atoms with E-state index in [-0.39, 0.29) is 63.8 Å². The van der Waals surface area contributed by atoms with Crippen LogP contribution < -0.4 is 0 Å². The van der Waals surface area contributed by atoms with Crippen molar-refractivity contribution in [3.63, 3.8) is 0 Å². The molecule has 6 aliphatic rings. The summed E-state index contributed by atoms with van der Waals surface area (Å²) >= 11 is 25.8. The van der Waals surface area contributed by atoms with E-state index in [2.05, 4.69) is 92.4 Å². The Hall–Kier alpha value is -5.18. The summed E-state index contributed by atoms with van der Waals surface area (Å²) in [5, 5.41) is 2.24. The second-order valence-corrected chi connectivity index (χ2v) is 28.6. The zero-order valence-electron chi connectivity index (χ0n) is 53.8. The number of nitrogens with zero attached hydrogens (tertiary/aromatic N) is 6. The van der Waals surface area contributed by atoms with Gasteiger partial charge in [-0.2, -0.15) is 0 Å². The Bertz CT molecular complexity index is 3140. The highest BCUT2D eigenvalue weighted by Gasteiger charge is 2.47. The zero-order chi connectivity index (χ0) is 62.6. The highest BCUT2D eigenvalue weighted by Crippen LogP contribution is 2.45. The van der Waals surface area contributed by atoms with E-state index in [1.54, 1.807) is 0 Å². The first-order valence-corrected chi connectivity index (χ1v) is 35.0. The summed E-state index contributed by atoms with van der Waals surface area (Å²) in [6.07, 6.45) is 17.6. The molecule has 6 fully saturated rings. The molecule has 0 aromatic heterocycles. The molecule has 6 aromatic carbocycles. The Morgan fingerprint density at radius 2 is 0.688 bits per heavy atom. The molecule has 2 N–H and O–H groups in total. The summed E-state index contributed by atoms with van der Waals surface area (Å²) in [6, 6.07) is 52.4. The van der Waals surface area contributed by atoms with Gasteiger partial charge in [0.1, 0.15) is 0 Å². The average molecular weight is 1380 g/mol. The number of hydrogen-bond acceptors (Lipinski definition) is 6. The van der Waals surface area contributed by atoms with Crippen LogP contribution in [-0.4, -0.2) is 150 Å². The van der Waals surface area contributed by atoms with Crippen molar-refractivity contribution in [2.75, 3.05) is 91.6 Å². The van der Waals surface area contributed by atoms with Crippen LogP contribution in [0.5, 0.6) is 0 Å². The first-order valence-electron chi connectivity index (χ1n) is 33.5. The van der Waals surface area contributed by atoms with E-state index in [9.17, 15) is 19.2 Å². The minimum absolute atomic E-state index is 0. The monoisotopic (exact) mass is 1380 g/mol. The van der Waals surface area contributed by atoms with Gasteiger partial charge < -0.3 is 34.9 Å². The zero-order valence-corrected chi connectivity index (χ0v) is 58.4. The smallest absolute Gasteiger partial charge is 0.253 e. The fraction of sp³-hybridized carbons (Fsp3) is 0.474. The second kappa shape index (κ2) is 34.2. The van der Waals surface area contributed by atoms with Gasteiger partial charge in [-0.3, -0.25) is 19.2 Å². The lowest BCUT2D eigenvalue weighted by Gasteiger charge is -2.45. The van der Waals surface area contributed by atoms with Crippen LogP contribution in [0.25, 0.3) is 0 Å². The molecule has 4 amide bonds. The third kappa shape index (κ3) is 17.9. The van der Waals surface area contributed by atoms with Crippen molar-refractivity contribution in [1.82, 2.24) is 29.4 Å². The molecule has 11 nitrogen and oxygen atoms in total. The maximum atomic E-state index is 13.9. The summed E-state index contributed by atoms with van der Waals surface area (Å²) in [6.45, 7) is 12.2. The molecular formula is C76H94Cl6N6O5. The SMILES string of the molecule is Cl.Cl.O.O=C(c1ccccc1)N1CCCC(CCCN2CCC(Cc3ccccc3)(C(=O)N3CCCC3)CC2)(c2ccc(Cl)c(Cl)c2)C1.O=C(c1ccccc1)N1CCCC(CCCN2CCC(Cc3ccccc3)(C(=O)N3CCCC3)CC2)(c2ccc(Cl)c(Cl)c2)C1. The standard InChI is InChI=1S/2C38H45Cl2N3O2.2ClH.H2O/c2*39-33-16-15-32(27-34(33)40)38(18-10-24-43(29-38)35(44)31-13-5-2-6-14-31)17-9-21-41-25-19-37(20-26-41,28-30-11-3-1-4-12-30)36(45)42-22-7-8-23-42;;;/h2*1-6,11-16,27H,7-10,17-26,28-29H2;2*1H;1H2. The number of carbonyl (C=O) groups is 4. The number of benzene rings is 6. The van der Waals surface area contributed by atoms with E-state index in [0.29, 0.717) is 45.0 Å². The Labute approximate surface area is 584 Å². The summed E-state index contributed by atoms with van der Waals surface area (Å²) in [5.74, 6) is 0.918. The Balaban J connectivity index is 0.000000231. The third-order valence-corrected chi connectivity index (χ3v) is 22.7. The van der Waals surface area contributed by atoms with E-state index in [4.69, 9.17) is 46.4 Å². The van der Waals surface area contributed by atoms with E-state index >= 15 is 0 Å². The minimum atomic E-state index is -0.314. The summed E-state index contributed by atoms with van der Waals surface area (Å²) in [7, 11) is 0. The molecule has 93 heavy (non-hydrogen) atoms. The van der Waals surface area contributed by atoms with Crippen LogP contribution in [0.4, 0.5) is 0 Å². The predicted octanol–water partition coefficient (Wildman–Crippen LogP) is 15.8. The lowest BCUT2D eigenvalue weighted by Crippen LogP contribution is -2.51.